The second kappa shape index (κ2) is 17.5. The Kier molecular flexibility index (Phi) is 13.2. The van der Waals surface area contributed by atoms with Gasteiger partial charge >= 0.3 is 0 Å². The first-order valence-corrected chi connectivity index (χ1v) is 17.4. The maximum absolute atomic E-state index is 14.0. The average molecular weight is 692 g/mol. The Labute approximate surface area is 290 Å². The van der Waals surface area contributed by atoms with Crippen molar-refractivity contribution in [2.45, 2.75) is 64.2 Å². The van der Waals surface area contributed by atoms with Crippen LogP contribution in [0.4, 0.5) is 0 Å². The van der Waals surface area contributed by atoms with Crippen molar-refractivity contribution in [1.82, 2.24) is 36.5 Å². The smallest absolute Gasteiger partial charge is 0.245 e. The Morgan fingerprint density at radius 3 is 2.14 bits per heavy atom. The predicted molar refractivity (Wildman–Crippen MR) is 188 cm³/mol. The third-order valence-corrected chi connectivity index (χ3v) is 9.00. The van der Waals surface area contributed by atoms with Crippen molar-refractivity contribution in [3.63, 3.8) is 0 Å². The van der Waals surface area contributed by atoms with Crippen molar-refractivity contribution in [3.8, 4) is 0 Å². The number of hydrogen-bond donors (Lipinski definition) is 6. The number of thioether (sulfide) groups is 1. The molecule has 2 aromatic carbocycles. The molecular weight excluding hydrogens is 646 g/mol. The fourth-order valence-electron chi connectivity index (χ4n) is 5.61. The molecule has 1 aliphatic rings. The summed E-state index contributed by atoms with van der Waals surface area (Å²) >= 11 is 1.21. The summed E-state index contributed by atoms with van der Waals surface area (Å²) in [6, 6.07) is 12.4. The highest BCUT2D eigenvalue weighted by atomic mass is 32.2. The normalized spacial score (nSPS) is 21.3. The number of amides is 6. The third-order valence-electron chi connectivity index (χ3n) is 8.09. The molecule has 6 amide bonds. The molecule has 0 saturated carbocycles. The summed E-state index contributed by atoms with van der Waals surface area (Å²) in [6.45, 7) is 4.86. The number of hydrogen-bond acceptors (Lipinski definition) is 7. The van der Waals surface area contributed by atoms with Crippen LogP contribution in [0.2, 0.25) is 0 Å². The summed E-state index contributed by atoms with van der Waals surface area (Å²) in [7, 11) is 1.47. The van der Waals surface area contributed by atoms with Crippen LogP contribution in [0.3, 0.4) is 0 Å². The predicted octanol–water partition coefficient (Wildman–Crippen LogP) is 1.24. The van der Waals surface area contributed by atoms with E-state index in [1.54, 1.807) is 6.20 Å². The summed E-state index contributed by atoms with van der Waals surface area (Å²) in [5.41, 5.74) is 2.41. The Balaban J connectivity index is 1.71. The lowest BCUT2D eigenvalue weighted by Crippen LogP contribution is -2.59. The summed E-state index contributed by atoms with van der Waals surface area (Å²) in [6.07, 6.45) is 2.29. The minimum Gasteiger partial charge on any atom is -0.361 e. The highest BCUT2D eigenvalue weighted by molar-refractivity contribution is 7.99. The van der Waals surface area contributed by atoms with Gasteiger partial charge in [-0.3, -0.25) is 28.8 Å². The van der Waals surface area contributed by atoms with Crippen molar-refractivity contribution >= 4 is 58.1 Å². The van der Waals surface area contributed by atoms with Crippen molar-refractivity contribution < 1.29 is 28.8 Å². The Morgan fingerprint density at radius 2 is 1.45 bits per heavy atom. The lowest BCUT2D eigenvalue weighted by molar-refractivity contribution is -0.139. The number of carbonyl (C=O) groups is 6. The van der Waals surface area contributed by atoms with Gasteiger partial charge in [-0.05, 0) is 29.5 Å². The van der Waals surface area contributed by atoms with Crippen LogP contribution in [0.25, 0.3) is 10.9 Å². The van der Waals surface area contributed by atoms with Crippen LogP contribution in [0.5, 0.6) is 0 Å². The molecule has 49 heavy (non-hydrogen) atoms. The molecule has 4 rings (SSSR count). The number of likely N-dealkylation sites (N-methyl/N-ethyl adjacent to an activating group) is 1. The van der Waals surface area contributed by atoms with E-state index in [1.165, 1.54) is 30.6 Å². The van der Waals surface area contributed by atoms with E-state index in [0.29, 0.717) is 6.42 Å². The van der Waals surface area contributed by atoms with Crippen molar-refractivity contribution in [2.75, 3.05) is 25.2 Å². The number of H-pyrrole nitrogens is 1. The van der Waals surface area contributed by atoms with Gasteiger partial charge in [0, 0.05) is 49.7 Å². The third kappa shape index (κ3) is 10.8. The minimum atomic E-state index is -1.14. The summed E-state index contributed by atoms with van der Waals surface area (Å²) < 4.78 is 0. The summed E-state index contributed by atoms with van der Waals surface area (Å²) in [4.78, 5) is 84.7. The maximum Gasteiger partial charge on any atom is 0.245 e. The lowest BCUT2D eigenvalue weighted by atomic mass is 10.00. The van der Waals surface area contributed by atoms with Gasteiger partial charge in [-0.25, -0.2) is 0 Å². The topological polar surface area (TPSA) is 182 Å². The van der Waals surface area contributed by atoms with Gasteiger partial charge in [-0.1, -0.05) is 62.4 Å². The van der Waals surface area contributed by atoms with Crippen LogP contribution in [-0.4, -0.2) is 94.7 Å². The van der Waals surface area contributed by atoms with Crippen molar-refractivity contribution in [2.24, 2.45) is 5.92 Å². The molecule has 1 aromatic heterocycles. The highest BCUT2D eigenvalue weighted by Crippen LogP contribution is 2.20. The van der Waals surface area contributed by atoms with E-state index in [9.17, 15) is 28.8 Å². The molecule has 262 valence electrons. The molecule has 3 aromatic rings. The summed E-state index contributed by atoms with van der Waals surface area (Å²) in [5, 5.41) is 14.7. The van der Waals surface area contributed by atoms with E-state index in [4.69, 9.17) is 0 Å². The van der Waals surface area contributed by atoms with E-state index >= 15 is 0 Å². The van der Waals surface area contributed by atoms with Crippen molar-refractivity contribution in [1.29, 1.82) is 0 Å². The van der Waals surface area contributed by atoms with Gasteiger partial charge in [-0.2, -0.15) is 0 Å². The quantitative estimate of drug-likeness (QED) is 0.137. The molecule has 0 spiro atoms. The van der Waals surface area contributed by atoms with Gasteiger partial charge in [0.25, 0.3) is 0 Å². The number of nitrogens with one attached hydrogen (secondary N) is 6. The zero-order valence-corrected chi connectivity index (χ0v) is 29.0. The molecule has 14 heteroatoms. The van der Waals surface area contributed by atoms with E-state index in [1.807, 2.05) is 68.4 Å². The molecular formula is C35H45N7O6S. The van der Waals surface area contributed by atoms with E-state index in [2.05, 4.69) is 31.6 Å². The molecule has 0 radical (unpaired) electrons. The fraction of sp³-hybridized carbons (Fsp3) is 0.429. The van der Waals surface area contributed by atoms with Crippen LogP contribution < -0.4 is 26.6 Å². The average Bonchev–Trinajstić information content (AvgIpc) is 3.47. The van der Waals surface area contributed by atoms with Crippen LogP contribution in [0, 0.1) is 5.92 Å². The molecule has 2 heterocycles. The minimum absolute atomic E-state index is 0.0160. The number of carbonyl (C=O) groups excluding carboxylic acids is 6. The Bertz CT molecular complexity index is 1650. The van der Waals surface area contributed by atoms with Crippen LogP contribution in [-0.2, 0) is 41.6 Å². The number of rotatable bonds is 10. The van der Waals surface area contributed by atoms with Gasteiger partial charge in [0.15, 0.2) is 0 Å². The van der Waals surface area contributed by atoms with E-state index < -0.39 is 53.7 Å². The number of nitrogens with zero attached hydrogens (tertiary/aromatic N) is 1. The first kappa shape index (κ1) is 37.0. The van der Waals surface area contributed by atoms with E-state index in [-0.39, 0.29) is 42.8 Å². The van der Waals surface area contributed by atoms with Crippen molar-refractivity contribution in [3.05, 3.63) is 71.9 Å². The SMILES string of the molecule is CC(=O)NCSC[C@H]1NC(=O)[C@H](Cc2ccccc2)NC(=O)CN(C)C(=O)[C@@H](CC(C)C)NC(=O)[C@H](Cc2c[nH]c3ccccc23)NC1=O. The van der Waals surface area contributed by atoms with Gasteiger partial charge in [0.1, 0.15) is 24.2 Å². The molecule has 1 aliphatic heterocycles. The largest absolute Gasteiger partial charge is 0.361 e. The molecule has 0 unspecified atom stereocenters. The molecule has 1 fully saturated rings. The zero-order chi connectivity index (χ0) is 35.5. The van der Waals surface area contributed by atoms with Crippen LogP contribution in [0.15, 0.2) is 60.8 Å². The Hall–Kier alpha value is -4.85. The number of aromatic amines is 1. The second-order valence-electron chi connectivity index (χ2n) is 12.6. The first-order chi connectivity index (χ1) is 23.4. The molecule has 0 aliphatic carbocycles. The standard InChI is InChI=1S/C35H45N7O6S/c1-21(2)14-29-35(48)42(4)18-31(44)38-27(15-23-10-6-5-7-11-23)32(45)41-30(19-49-20-37-22(3)43)34(47)39-28(33(46)40-29)16-24-17-36-26-13-9-8-12-25(24)26/h5-13,17,21,27-30,36H,14-16,18-20H2,1-4H3,(H,37,43)(H,38,44)(H,39,47)(H,40,46)(H,41,45)/t27-,28-,29+,30+/m0/s1. The van der Waals surface area contributed by atoms with E-state index in [0.717, 1.165) is 22.0 Å². The van der Waals surface area contributed by atoms with Gasteiger partial charge in [0.2, 0.25) is 35.4 Å². The second-order valence-corrected chi connectivity index (χ2v) is 13.7. The highest BCUT2D eigenvalue weighted by Gasteiger charge is 2.34. The molecule has 4 atom stereocenters. The van der Waals surface area contributed by atoms with Gasteiger partial charge < -0.3 is 36.5 Å². The van der Waals surface area contributed by atoms with Gasteiger partial charge in [-0.15, -0.1) is 11.8 Å². The molecule has 1 saturated heterocycles. The molecule has 13 nitrogen and oxygen atoms in total. The lowest BCUT2D eigenvalue weighted by Gasteiger charge is -2.28. The number of para-hydroxylation sites is 1. The Morgan fingerprint density at radius 1 is 0.837 bits per heavy atom. The fourth-order valence-corrected chi connectivity index (χ4v) is 6.50. The maximum atomic E-state index is 14.0. The van der Waals surface area contributed by atoms with Crippen LogP contribution >= 0.6 is 11.8 Å². The number of fused-ring (bicyclic) bond motifs is 1. The molecule has 6 N–H and O–H groups in total. The van der Waals surface area contributed by atoms with Crippen LogP contribution in [0.1, 0.15) is 38.3 Å². The van der Waals surface area contributed by atoms with Gasteiger partial charge in [0.05, 0.1) is 12.4 Å². The number of aromatic nitrogens is 1. The molecule has 0 bridgehead atoms. The number of benzene rings is 2. The monoisotopic (exact) mass is 691 g/mol. The summed E-state index contributed by atoms with van der Waals surface area (Å²) in [5.74, 6) is -2.86. The zero-order valence-electron chi connectivity index (χ0n) is 28.2. The first-order valence-electron chi connectivity index (χ1n) is 16.3.